The lowest BCUT2D eigenvalue weighted by Crippen LogP contribution is -2.43. The monoisotopic (exact) mass is 682 g/mol. The second kappa shape index (κ2) is 18.9. The lowest BCUT2D eigenvalue weighted by atomic mass is 9.65. The fourth-order valence-electron chi connectivity index (χ4n) is 7.21. The molecule has 0 aliphatic heterocycles. The van der Waals surface area contributed by atoms with E-state index in [1.54, 1.807) is 0 Å². The molecule has 0 saturated heterocycles. The van der Waals surface area contributed by atoms with Gasteiger partial charge in [-0.15, -0.1) is 5.54 Å². The molecule has 0 saturated carbocycles. The molecule has 4 aromatic rings. The Bertz CT molecular complexity index is 1930. The van der Waals surface area contributed by atoms with E-state index in [0.717, 1.165) is 22.3 Å². The normalized spacial score (nSPS) is 10.6. The molecule has 0 aliphatic rings. The van der Waals surface area contributed by atoms with Crippen molar-refractivity contribution in [3.63, 3.8) is 0 Å². The van der Waals surface area contributed by atoms with Crippen molar-refractivity contribution < 1.29 is 9.53 Å². The van der Waals surface area contributed by atoms with E-state index >= 15 is 0 Å². The average molecular weight is 683 g/mol. The van der Waals surface area contributed by atoms with Crippen LogP contribution in [0.4, 0.5) is 0 Å². The molecule has 0 aliphatic carbocycles. The zero-order valence-corrected chi connectivity index (χ0v) is 31.6. The second-order valence-electron chi connectivity index (χ2n) is 13.4. The molecule has 0 N–H and O–H groups in total. The number of ether oxygens (including phenoxy) is 1. The fourth-order valence-corrected chi connectivity index (χ4v) is 12.4. The van der Waals surface area contributed by atoms with Crippen LogP contribution in [0.3, 0.4) is 0 Å². The van der Waals surface area contributed by atoms with Crippen LogP contribution in [0.1, 0.15) is 83.1 Å². The molecule has 2 nitrogen and oxygen atoms in total. The maximum absolute atomic E-state index is 12.7. The highest BCUT2D eigenvalue weighted by Crippen LogP contribution is 2.45. The Morgan fingerprint density at radius 2 is 0.941 bits per heavy atom. The van der Waals surface area contributed by atoms with Crippen molar-refractivity contribution >= 4 is 14.0 Å². The van der Waals surface area contributed by atoms with E-state index in [1.807, 2.05) is 30.3 Å². The predicted molar refractivity (Wildman–Crippen MR) is 214 cm³/mol. The summed E-state index contributed by atoms with van der Waals surface area (Å²) in [5, 5.41) is 0. The minimum Gasteiger partial charge on any atom is -0.427 e. The molecular weight excluding hydrogens is 637 g/mol. The van der Waals surface area contributed by atoms with Crippen LogP contribution in [0.5, 0.6) is 5.75 Å². The fraction of sp³-hybridized carbons (Fsp3) is 0.271. The quantitative estimate of drug-likeness (QED) is 0.0393. The molecule has 4 aromatic carbocycles. The highest BCUT2D eigenvalue weighted by atomic mass is 28.3. The average Bonchev–Trinajstić information content (AvgIpc) is 3.13. The topological polar surface area (TPSA) is 26.3 Å². The van der Waals surface area contributed by atoms with Crippen LogP contribution in [0.25, 0.3) is 0 Å². The van der Waals surface area contributed by atoms with Crippen molar-refractivity contribution in [2.75, 3.05) is 0 Å². The molecule has 0 fully saturated rings. The molecule has 4 rings (SSSR count). The third-order valence-electron chi connectivity index (χ3n) is 9.49. The van der Waals surface area contributed by atoms with Gasteiger partial charge in [-0.25, -0.2) is 0 Å². The summed E-state index contributed by atoms with van der Waals surface area (Å²) in [5.41, 5.74) is 9.26. The largest absolute Gasteiger partial charge is 0.427 e. The molecular formula is C48H46O2Si. The van der Waals surface area contributed by atoms with Crippen LogP contribution in [0.2, 0.25) is 16.6 Å². The first-order valence-electron chi connectivity index (χ1n) is 17.7. The lowest BCUT2D eigenvalue weighted by molar-refractivity contribution is -0.134. The Hall–Kier alpha value is -5.63. The number of rotatable bonds is 11. The Labute approximate surface area is 307 Å². The minimum atomic E-state index is -1.78. The number of carbonyl (C=O) groups excluding carboxylic acids is 1. The van der Waals surface area contributed by atoms with Crippen molar-refractivity contribution in [3.05, 3.63) is 138 Å². The summed E-state index contributed by atoms with van der Waals surface area (Å²) in [6.07, 6.45) is 1.37. The summed E-state index contributed by atoms with van der Waals surface area (Å²) in [4.78, 5) is 12.7. The van der Waals surface area contributed by atoms with E-state index in [1.165, 1.54) is 0 Å². The Morgan fingerprint density at radius 3 is 1.37 bits per heavy atom. The zero-order valence-electron chi connectivity index (χ0n) is 30.6. The smallest absolute Gasteiger partial charge is 0.311 e. The summed E-state index contributed by atoms with van der Waals surface area (Å²) in [7, 11) is -1.78. The van der Waals surface area contributed by atoms with Crippen LogP contribution < -0.4 is 4.74 Å². The predicted octanol–water partition coefficient (Wildman–Crippen LogP) is 10.4. The zero-order chi connectivity index (χ0) is 36.5. The first kappa shape index (κ1) is 38.2. The number of hydrogen-bond donors (Lipinski definition) is 0. The van der Waals surface area contributed by atoms with E-state index < -0.39 is 13.5 Å². The Balaban J connectivity index is 1.35. The Morgan fingerprint density at radius 1 is 0.549 bits per heavy atom. The number of hydrogen-bond acceptors (Lipinski definition) is 2. The van der Waals surface area contributed by atoms with Crippen molar-refractivity contribution in [1.82, 2.24) is 0 Å². The number of esters is 1. The molecule has 0 radical (unpaired) electrons. The summed E-state index contributed by atoms with van der Waals surface area (Å²) >= 11 is 0. The van der Waals surface area contributed by atoms with Crippen LogP contribution in [-0.2, 0) is 10.2 Å². The minimum absolute atomic E-state index is 0.261. The van der Waals surface area contributed by atoms with Crippen LogP contribution in [-0.4, -0.2) is 14.0 Å². The Kier molecular flexibility index (Phi) is 14.2. The molecule has 51 heavy (non-hydrogen) atoms. The highest BCUT2D eigenvalue weighted by Gasteiger charge is 2.42. The van der Waals surface area contributed by atoms with Gasteiger partial charge in [0.15, 0.2) is 0 Å². The maximum atomic E-state index is 12.7. The van der Waals surface area contributed by atoms with Gasteiger partial charge in [-0.05, 0) is 105 Å². The molecule has 3 heteroatoms. The highest BCUT2D eigenvalue weighted by molar-refractivity contribution is 6.90. The van der Waals surface area contributed by atoms with Crippen LogP contribution in [0, 0.1) is 58.8 Å². The summed E-state index contributed by atoms with van der Waals surface area (Å²) in [6.45, 7) is 13.7. The maximum Gasteiger partial charge on any atom is 0.311 e. The summed E-state index contributed by atoms with van der Waals surface area (Å²) in [6, 6.07) is 39.4. The van der Waals surface area contributed by atoms with Gasteiger partial charge in [0.1, 0.15) is 13.8 Å². The lowest BCUT2D eigenvalue weighted by Gasteiger charge is -2.37. The van der Waals surface area contributed by atoms with Gasteiger partial charge in [-0.3, -0.25) is 4.79 Å². The van der Waals surface area contributed by atoms with Gasteiger partial charge in [-0.1, -0.05) is 151 Å². The first-order chi connectivity index (χ1) is 24.7. The molecule has 0 heterocycles. The van der Waals surface area contributed by atoms with E-state index in [0.29, 0.717) is 35.2 Å². The van der Waals surface area contributed by atoms with Crippen LogP contribution in [0.15, 0.2) is 115 Å². The van der Waals surface area contributed by atoms with Crippen molar-refractivity contribution in [1.29, 1.82) is 0 Å². The van der Waals surface area contributed by atoms with E-state index in [4.69, 9.17) is 4.74 Å². The summed E-state index contributed by atoms with van der Waals surface area (Å²) < 4.78 is 5.70. The first-order valence-corrected chi connectivity index (χ1v) is 19.9. The molecule has 0 atom stereocenters. The van der Waals surface area contributed by atoms with Crippen molar-refractivity contribution in [2.45, 2.75) is 82.8 Å². The van der Waals surface area contributed by atoms with E-state index in [2.05, 4.69) is 185 Å². The standard InChI is InChI=1S/C48H46O2Si/c1-39(2)51(40(3)4,41(5)6)38-26-15-13-11-9-7-8-10-12-14-25-33-47(49)50-46-36-34-45(35-37-46)48(42-27-19-16-20-28-42,43-29-21-17-22-30-43)44-31-23-18-24-32-44/h16-24,27-32,34-37,39-41H,14,25,33H2,1-6H3. The molecule has 254 valence electrons. The van der Waals surface area contributed by atoms with Crippen molar-refractivity contribution in [3.8, 4) is 64.6 Å². The summed E-state index contributed by atoms with van der Waals surface area (Å²) in [5.74, 6) is 25.6. The number of benzene rings is 4. The van der Waals surface area contributed by atoms with E-state index in [-0.39, 0.29) is 12.4 Å². The van der Waals surface area contributed by atoms with Gasteiger partial charge >= 0.3 is 5.97 Å². The van der Waals surface area contributed by atoms with Gasteiger partial charge in [0.2, 0.25) is 0 Å². The van der Waals surface area contributed by atoms with Gasteiger partial charge in [-0.2, -0.15) is 0 Å². The molecule has 0 bridgehead atoms. The molecule has 0 unspecified atom stereocenters. The third kappa shape index (κ3) is 9.54. The van der Waals surface area contributed by atoms with Crippen molar-refractivity contribution in [2.24, 2.45) is 0 Å². The number of carbonyl (C=O) groups is 1. The van der Waals surface area contributed by atoms with Gasteiger partial charge in [0.05, 0.1) is 5.41 Å². The SMILES string of the molecule is CC(C)[Si](C#CC#CC#CC#CC#CCCCC(=O)Oc1ccc(C(c2ccccc2)(c2ccccc2)c2ccccc2)cc1)(C(C)C)C(C)C. The second-order valence-corrected chi connectivity index (χ2v) is 19.0. The van der Waals surface area contributed by atoms with Gasteiger partial charge < -0.3 is 4.74 Å². The van der Waals surface area contributed by atoms with Gasteiger partial charge in [0, 0.05) is 12.8 Å². The van der Waals surface area contributed by atoms with Crippen LogP contribution >= 0.6 is 0 Å². The third-order valence-corrected chi connectivity index (χ3v) is 15.8. The van der Waals surface area contributed by atoms with Gasteiger partial charge in [0.25, 0.3) is 0 Å². The van der Waals surface area contributed by atoms with E-state index in [9.17, 15) is 4.79 Å². The molecule has 0 aromatic heterocycles. The number of unbranched alkanes of at least 4 members (excludes halogenated alkanes) is 1. The molecule has 0 amide bonds. The molecule has 0 spiro atoms.